The summed E-state index contributed by atoms with van der Waals surface area (Å²) in [4.78, 5) is 26.5. The summed E-state index contributed by atoms with van der Waals surface area (Å²) in [6.07, 6.45) is 2.74. The average Bonchev–Trinajstić information content (AvgIpc) is 2.56. The van der Waals surface area contributed by atoms with Crippen molar-refractivity contribution < 1.29 is 9.59 Å². The van der Waals surface area contributed by atoms with Crippen LogP contribution >= 0.6 is 0 Å². The van der Waals surface area contributed by atoms with Crippen molar-refractivity contribution in [3.63, 3.8) is 0 Å². The molecule has 0 bridgehead atoms. The maximum Gasteiger partial charge on any atom is 0.265 e. The van der Waals surface area contributed by atoms with E-state index in [0.29, 0.717) is 31.7 Å². The molecule has 1 N–H and O–H groups in total. The maximum atomic E-state index is 12.4. The lowest BCUT2D eigenvalue weighted by atomic mass is 10.1. The van der Waals surface area contributed by atoms with Crippen LogP contribution in [0.2, 0.25) is 0 Å². The third-order valence-electron chi connectivity index (χ3n) is 4.05. The molecule has 2 rings (SSSR count). The largest absolute Gasteiger partial charge is 0.339 e. The van der Waals surface area contributed by atoms with Crippen LogP contribution in [0.5, 0.6) is 0 Å². The quantitative estimate of drug-likeness (QED) is 0.906. The summed E-state index contributed by atoms with van der Waals surface area (Å²) in [5, 5.41) is 1.82. The van der Waals surface area contributed by atoms with E-state index in [2.05, 4.69) is 5.43 Å². The van der Waals surface area contributed by atoms with E-state index in [-0.39, 0.29) is 11.8 Å². The first kappa shape index (κ1) is 17.2. The molecule has 5 nitrogen and oxygen atoms in total. The van der Waals surface area contributed by atoms with Crippen molar-refractivity contribution in [3.05, 3.63) is 47.0 Å². The number of aryl methyl sites for hydroxylation is 1. The van der Waals surface area contributed by atoms with E-state index in [1.165, 1.54) is 0 Å². The summed E-state index contributed by atoms with van der Waals surface area (Å²) in [6.45, 7) is 8.50. The number of carbonyl (C=O) groups is 2. The molecule has 1 aromatic rings. The normalized spacial score (nSPS) is 15.0. The zero-order valence-corrected chi connectivity index (χ0v) is 14.1. The first-order valence-corrected chi connectivity index (χ1v) is 8.16. The van der Waals surface area contributed by atoms with Crippen LogP contribution in [0.4, 0.5) is 0 Å². The van der Waals surface area contributed by atoms with Gasteiger partial charge in [-0.25, -0.2) is 5.01 Å². The summed E-state index contributed by atoms with van der Waals surface area (Å²) < 4.78 is 0. The van der Waals surface area contributed by atoms with E-state index < -0.39 is 0 Å². The number of rotatable bonds is 5. The first-order valence-electron chi connectivity index (χ1n) is 8.16. The van der Waals surface area contributed by atoms with E-state index in [4.69, 9.17) is 0 Å². The number of benzene rings is 1. The molecule has 1 heterocycles. The fraction of sp³-hybridized carbons (Fsp3) is 0.444. The van der Waals surface area contributed by atoms with Gasteiger partial charge in [0.25, 0.3) is 11.8 Å². The van der Waals surface area contributed by atoms with Gasteiger partial charge in [-0.1, -0.05) is 23.8 Å². The number of nitrogens with one attached hydrogen (secondary N) is 1. The van der Waals surface area contributed by atoms with Crippen molar-refractivity contribution in [1.29, 1.82) is 0 Å². The number of nitrogens with zero attached hydrogens (tertiary/aromatic N) is 2. The first-order chi connectivity index (χ1) is 11.0. The van der Waals surface area contributed by atoms with E-state index in [1.807, 2.05) is 56.1 Å². The smallest absolute Gasteiger partial charge is 0.265 e. The third-order valence-corrected chi connectivity index (χ3v) is 4.05. The minimum Gasteiger partial charge on any atom is -0.339 e. The maximum absolute atomic E-state index is 12.4. The Hall–Kier alpha value is -2.14. The van der Waals surface area contributed by atoms with Crippen LogP contribution in [0.25, 0.3) is 0 Å². The number of carbonyl (C=O) groups excluding carboxylic acids is 2. The molecule has 0 saturated heterocycles. The number of hydrogen-bond donors (Lipinski definition) is 1. The number of hydrogen-bond acceptors (Lipinski definition) is 3. The molecule has 2 amide bonds. The van der Waals surface area contributed by atoms with Crippen LogP contribution in [0.15, 0.2) is 35.9 Å². The summed E-state index contributed by atoms with van der Waals surface area (Å²) in [5.41, 5.74) is 5.40. The lowest BCUT2D eigenvalue weighted by molar-refractivity contribution is -0.127. The molecule has 0 saturated carbocycles. The summed E-state index contributed by atoms with van der Waals surface area (Å²) >= 11 is 0. The highest BCUT2D eigenvalue weighted by Crippen LogP contribution is 2.12. The van der Waals surface area contributed by atoms with Crippen molar-refractivity contribution in [2.24, 2.45) is 0 Å². The molecule has 0 aromatic heterocycles. The Morgan fingerprint density at radius 1 is 1.17 bits per heavy atom. The fourth-order valence-corrected chi connectivity index (χ4v) is 2.62. The van der Waals surface area contributed by atoms with Gasteiger partial charge in [0.15, 0.2) is 0 Å². The predicted molar refractivity (Wildman–Crippen MR) is 90.8 cm³/mol. The zero-order chi connectivity index (χ0) is 16.8. The molecule has 1 aromatic carbocycles. The van der Waals surface area contributed by atoms with Gasteiger partial charge in [-0.15, -0.1) is 0 Å². The molecule has 1 aliphatic heterocycles. The van der Waals surface area contributed by atoms with Gasteiger partial charge < -0.3 is 4.90 Å². The van der Waals surface area contributed by atoms with Crippen LogP contribution in [0.1, 0.15) is 36.2 Å². The van der Waals surface area contributed by atoms with Crippen LogP contribution in [0.3, 0.4) is 0 Å². The summed E-state index contributed by atoms with van der Waals surface area (Å²) in [5.74, 6) is -0.0779. The third kappa shape index (κ3) is 4.42. The standard InChI is InChI=1S/C18H25N3O2/c1-4-20(5-2)18(23)16-7-6-12-21(13-16)19-17(22)15-10-8-14(3)9-11-15/h7-11H,4-6,12-13H2,1-3H3,(H,19,22). The fourth-order valence-electron chi connectivity index (χ4n) is 2.62. The second-order valence-electron chi connectivity index (χ2n) is 5.72. The van der Waals surface area contributed by atoms with E-state index in [9.17, 15) is 9.59 Å². The highest BCUT2D eigenvalue weighted by Gasteiger charge is 2.22. The molecule has 0 aliphatic carbocycles. The molecular weight excluding hydrogens is 290 g/mol. The van der Waals surface area contributed by atoms with Gasteiger partial charge in [0.1, 0.15) is 0 Å². The lowest BCUT2D eigenvalue weighted by Crippen LogP contribution is -2.47. The number of hydrazine groups is 1. The minimum atomic E-state index is -0.137. The summed E-state index contributed by atoms with van der Waals surface area (Å²) in [7, 11) is 0. The predicted octanol–water partition coefficient (Wildman–Crippen LogP) is 2.14. The van der Waals surface area contributed by atoms with Crippen molar-refractivity contribution >= 4 is 11.8 Å². The van der Waals surface area contributed by atoms with Gasteiger partial charge in [-0.05, 0) is 39.3 Å². The molecule has 1 aliphatic rings. The lowest BCUT2D eigenvalue weighted by Gasteiger charge is -2.29. The molecule has 23 heavy (non-hydrogen) atoms. The monoisotopic (exact) mass is 315 g/mol. The number of likely N-dealkylation sites (N-methyl/N-ethyl adjacent to an activating group) is 1. The molecule has 0 radical (unpaired) electrons. The highest BCUT2D eigenvalue weighted by atomic mass is 16.2. The van der Waals surface area contributed by atoms with Gasteiger partial charge in [0, 0.05) is 37.3 Å². The van der Waals surface area contributed by atoms with Gasteiger partial charge in [-0.2, -0.15) is 0 Å². The Morgan fingerprint density at radius 2 is 1.83 bits per heavy atom. The van der Waals surface area contributed by atoms with Crippen LogP contribution < -0.4 is 5.43 Å². The zero-order valence-electron chi connectivity index (χ0n) is 14.1. The summed E-state index contributed by atoms with van der Waals surface area (Å²) in [6, 6.07) is 7.46. The minimum absolute atomic E-state index is 0.0595. The van der Waals surface area contributed by atoms with Gasteiger partial charge in [0.05, 0.1) is 0 Å². The molecule has 5 heteroatoms. The Kier molecular flexibility index (Phi) is 5.93. The van der Waals surface area contributed by atoms with Crippen LogP contribution in [-0.4, -0.2) is 47.9 Å². The number of amides is 2. The van der Waals surface area contributed by atoms with E-state index in [1.54, 1.807) is 4.90 Å². The Balaban J connectivity index is 1.97. The van der Waals surface area contributed by atoms with Gasteiger partial charge in [0.2, 0.25) is 0 Å². The van der Waals surface area contributed by atoms with Crippen LogP contribution in [-0.2, 0) is 4.79 Å². The van der Waals surface area contributed by atoms with Crippen molar-refractivity contribution in [2.45, 2.75) is 27.2 Å². The second-order valence-corrected chi connectivity index (χ2v) is 5.72. The van der Waals surface area contributed by atoms with Crippen molar-refractivity contribution in [2.75, 3.05) is 26.2 Å². The molecule has 0 atom stereocenters. The Bertz CT molecular complexity index is 589. The topological polar surface area (TPSA) is 52.7 Å². The molecular formula is C18H25N3O2. The molecule has 124 valence electrons. The molecule has 0 unspecified atom stereocenters. The van der Waals surface area contributed by atoms with E-state index in [0.717, 1.165) is 17.6 Å². The Labute approximate surface area is 137 Å². The highest BCUT2D eigenvalue weighted by molar-refractivity contribution is 5.95. The SMILES string of the molecule is CCN(CC)C(=O)C1=CCCN(NC(=O)c2ccc(C)cc2)C1. The molecule has 0 fully saturated rings. The second kappa shape index (κ2) is 7.92. The average molecular weight is 315 g/mol. The van der Waals surface area contributed by atoms with Gasteiger partial charge in [-0.3, -0.25) is 15.0 Å². The molecule has 0 spiro atoms. The van der Waals surface area contributed by atoms with Crippen LogP contribution in [0, 0.1) is 6.92 Å². The van der Waals surface area contributed by atoms with Crippen molar-refractivity contribution in [3.8, 4) is 0 Å². The van der Waals surface area contributed by atoms with Gasteiger partial charge >= 0.3 is 0 Å². The van der Waals surface area contributed by atoms with Crippen molar-refractivity contribution in [1.82, 2.24) is 15.3 Å². The Morgan fingerprint density at radius 3 is 2.43 bits per heavy atom. The van der Waals surface area contributed by atoms with E-state index >= 15 is 0 Å².